The van der Waals surface area contributed by atoms with Crippen LogP contribution in [0.5, 0.6) is 0 Å². The number of hydrogen-bond donors (Lipinski definition) is 0. The van der Waals surface area contributed by atoms with Gasteiger partial charge >= 0.3 is 0 Å². The first kappa shape index (κ1) is 16.2. The van der Waals surface area contributed by atoms with Crippen LogP contribution in [0.2, 0.25) is 0 Å². The Morgan fingerprint density at radius 1 is 1.26 bits per heavy atom. The highest BCUT2D eigenvalue weighted by atomic mass is 16.5. The minimum atomic E-state index is 0.261. The molecule has 0 unspecified atom stereocenters. The van der Waals surface area contributed by atoms with Gasteiger partial charge in [0.25, 0.3) is 0 Å². The monoisotopic (exact) mass is 315 g/mol. The second kappa shape index (κ2) is 7.73. The lowest BCUT2D eigenvalue weighted by Crippen LogP contribution is -2.40. The highest BCUT2D eigenvalue weighted by molar-refractivity contribution is 5.25. The Balaban J connectivity index is 1.56. The summed E-state index contributed by atoms with van der Waals surface area (Å²) in [5, 5.41) is 4.40. The molecule has 5 heteroatoms. The van der Waals surface area contributed by atoms with Crippen LogP contribution in [0, 0.1) is 0 Å². The number of ether oxygens (including phenoxy) is 2. The molecule has 1 aromatic carbocycles. The van der Waals surface area contributed by atoms with Gasteiger partial charge in [-0.2, -0.15) is 5.10 Å². The standard InChI is InChI=1S/C18H25N3O2/c1-20-18-16(12-19-20)8-9-21(17(18)14-22-2)10-11-23-13-15-6-4-3-5-7-15/h3-7,12,17H,8-11,13-14H2,1-2H3/t17-/m0/s1. The third-order valence-corrected chi connectivity index (χ3v) is 4.45. The Bertz CT molecular complexity index is 612. The molecule has 0 bridgehead atoms. The first-order valence-electron chi connectivity index (χ1n) is 8.15. The summed E-state index contributed by atoms with van der Waals surface area (Å²) in [6.07, 6.45) is 3.03. The summed E-state index contributed by atoms with van der Waals surface area (Å²) >= 11 is 0. The van der Waals surface area contributed by atoms with Crippen molar-refractivity contribution in [1.29, 1.82) is 0 Å². The van der Waals surface area contributed by atoms with E-state index >= 15 is 0 Å². The third-order valence-electron chi connectivity index (χ3n) is 4.45. The summed E-state index contributed by atoms with van der Waals surface area (Å²) in [5.74, 6) is 0. The average Bonchev–Trinajstić information content (AvgIpc) is 2.96. The zero-order valence-electron chi connectivity index (χ0n) is 13.9. The molecule has 0 saturated carbocycles. The van der Waals surface area contributed by atoms with Gasteiger partial charge in [-0.25, -0.2) is 0 Å². The maximum atomic E-state index is 5.84. The predicted molar refractivity (Wildman–Crippen MR) is 89.2 cm³/mol. The van der Waals surface area contributed by atoms with E-state index in [-0.39, 0.29) is 6.04 Å². The molecule has 0 spiro atoms. The average molecular weight is 315 g/mol. The van der Waals surface area contributed by atoms with Crippen LogP contribution in [0.4, 0.5) is 0 Å². The smallest absolute Gasteiger partial charge is 0.0758 e. The van der Waals surface area contributed by atoms with Crippen LogP contribution < -0.4 is 0 Å². The lowest BCUT2D eigenvalue weighted by Gasteiger charge is -2.35. The van der Waals surface area contributed by atoms with E-state index in [0.717, 1.165) is 26.1 Å². The fraction of sp³-hybridized carbons (Fsp3) is 0.500. The molecular weight excluding hydrogens is 290 g/mol. The Kier molecular flexibility index (Phi) is 5.43. The van der Waals surface area contributed by atoms with Crippen LogP contribution in [0.1, 0.15) is 22.9 Å². The van der Waals surface area contributed by atoms with Crippen LogP contribution in [0.3, 0.4) is 0 Å². The summed E-state index contributed by atoms with van der Waals surface area (Å²) in [6, 6.07) is 10.6. The molecule has 0 amide bonds. The van der Waals surface area contributed by atoms with Crippen LogP contribution in [-0.2, 0) is 29.5 Å². The number of nitrogens with zero attached hydrogens (tertiary/aromatic N) is 3. The molecule has 0 aliphatic carbocycles. The topological polar surface area (TPSA) is 39.5 Å². The second-order valence-electron chi connectivity index (χ2n) is 5.97. The van der Waals surface area contributed by atoms with Crippen LogP contribution in [0.15, 0.2) is 36.5 Å². The molecule has 0 fully saturated rings. The Labute approximate surface area is 137 Å². The van der Waals surface area contributed by atoms with E-state index in [1.165, 1.54) is 16.8 Å². The fourth-order valence-electron chi connectivity index (χ4n) is 3.26. The van der Waals surface area contributed by atoms with Crippen molar-refractivity contribution in [3.8, 4) is 0 Å². The lowest BCUT2D eigenvalue weighted by molar-refractivity contribution is 0.0415. The van der Waals surface area contributed by atoms with E-state index in [9.17, 15) is 0 Å². The van der Waals surface area contributed by atoms with Crippen molar-refractivity contribution in [2.75, 3.05) is 33.4 Å². The van der Waals surface area contributed by atoms with E-state index in [1.807, 2.05) is 36.1 Å². The number of benzene rings is 1. The number of aromatic nitrogens is 2. The molecule has 1 aliphatic heterocycles. The highest BCUT2D eigenvalue weighted by Crippen LogP contribution is 2.29. The molecule has 0 radical (unpaired) electrons. The third kappa shape index (κ3) is 3.80. The van der Waals surface area contributed by atoms with Gasteiger partial charge in [0.2, 0.25) is 0 Å². The molecule has 1 atom stereocenters. The molecule has 0 N–H and O–H groups in total. The zero-order valence-corrected chi connectivity index (χ0v) is 13.9. The van der Waals surface area contributed by atoms with Crippen molar-refractivity contribution < 1.29 is 9.47 Å². The minimum Gasteiger partial charge on any atom is -0.383 e. The van der Waals surface area contributed by atoms with Crippen LogP contribution in [0.25, 0.3) is 0 Å². The molecule has 124 valence electrons. The number of rotatable bonds is 7. The summed E-state index contributed by atoms with van der Waals surface area (Å²) in [4.78, 5) is 2.44. The molecule has 0 saturated heterocycles. The minimum absolute atomic E-state index is 0.261. The first-order valence-corrected chi connectivity index (χ1v) is 8.15. The molecule has 2 aromatic rings. The van der Waals surface area contributed by atoms with E-state index in [2.05, 4.69) is 22.1 Å². The SMILES string of the molecule is COC[C@H]1c2c(cnn2C)CCN1CCOCc1ccccc1. The van der Waals surface area contributed by atoms with Gasteiger partial charge in [0.1, 0.15) is 0 Å². The normalized spacial score (nSPS) is 18.1. The van der Waals surface area contributed by atoms with E-state index in [1.54, 1.807) is 7.11 Å². The number of hydrogen-bond acceptors (Lipinski definition) is 4. The van der Waals surface area contributed by atoms with Crippen molar-refractivity contribution in [3.05, 3.63) is 53.3 Å². The summed E-state index contributed by atoms with van der Waals surface area (Å²) in [6.45, 7) is 4.01. The van der Waals surface area contributed by atoms with E-state index in [0.29, 0.717) is 13.2 Å². The zero-order chi connectivity index (χ0) is 16.1. The second-order valence-corrected chi connectivity index (χ2v) is 5.97. The summed E-state index contributed by atoms with van der Waals surface area (Å²) < 4.78 is 13.3. The van der Waals surface area contributed by atoms with Crippen LogP contribution >= 0.6 is 0 Å². The summed E-state index contributed by atoms with van der Waals surface area (Å²) in [7, 11) is 3.77. The number of aryl methyl sites for hydroxylation is 1. The molecule has 2 heterocycles. The Morgan fingerprint density at radius 2 is 2.09 bits per heavy atom. The van der Waals surface area contributed by atoms with Gasteiger partial charge in [-0.05, 0) is 17.5 Å². The molecule has 1 aromatic heterocycles. The van der Waals surface area contributed by atoms with Gasteiger partial charge in [-0.1, -0.05) is 30.3 Å². The lowest BCUT2D eigenvalue weighted by atomic mass is 10.0. The number of fused-ring (bicyclic) bond motifs is 1. The van der Waals surface area contributed by atoms with Crippen molar-refractivity contribution in [1.82, 2.24) is 14.7 Å². The van der Waals surface area contributed by atoms with E-state index < -0.39 is 0 Å². The molecule has 3 rings (SSSR count). The van der Waals surface area contributed by atoms with Gasteiger partial charge < -0.3 is 9.47 Å². The highest BCUT2D eigenvalue weighted by Gasteiger charge is 2.30. The van der Waals surface area contributed by atoms with Crippen molar-refractivity contribution in [3.63, 3.8) is 0 Å². The Morgan fingerprint density at radius 3 is 2.87 bits per heavy atom. The van der Waals surface area contributed by atoms with Gasteiger partial charge in [0.05, 0.1) is 37.8 Å². The number of methoxy groups -OCH3 is 1. The Hall–Kier alpha value is -1.69. The largest absolute Gasteiger partial charge is 0.383 e. The van der Waals surface area contributed by atoms with Gasteiger partial charge in [-0.15, -0.1) is 0 Å². The molecule has 1 aliphatic rings. The van der Waals surface area contributed by atoms with Gasteiger partial charge in [0.15, 0.2) is 0 Å². The van der Waals surface area contributed by atoms with Crippen molar-refractivity contribution in [2.24, 2.45) is 7.05 Å². The predicted octanol–water partition coefficient (Wildman–Crippen LogP) is 2.18. The van der Waals surface area contributed by atoms with E-state index in [4.69, 9.17) is 9.47 Å². The first-order chi connectivity index (χ1) is 11.3. The maximum absolute atomic E-state index is 5.84. The van der Waals surface area contributed by atoms with Crippen molar-refractivity contribution >= 4 is 0 Å². The fourth-order valence-corrected chi connectivity index (χ4v) is 3.26. The maximum Gasteiger partial charge on any atom is 0.0758 e. The van der Waals surface area contributed by atoms with Crippen LogP contribution in [-0.4, -0.2) is 48.1 Å². The van der Waals surface area contributed by atoms with Crippen molar-refractivity contribution in [2.45, 2.75) is 19.1 Å². The molecular formula is C18H25N3O2. The molecule has 23 heavy (non-hydrogen) atoms. The molecule has 5 nitrogen and oxygen atoms in total. The van der Waals surface area contributed by atoms with Gasteiger partial charge in [0, 0.05) is 27.2 Å². The quantitative estimate of drug-likeness (QED) is 0.734. The van der Waals surface area contributed by atoms with Gasteiger partial charge in [-0.3, -0.25) is 9.58 Å². The summed E-state index contributed by atoms with van der Waals surface area (Å²) in [5.41, 5.74) is 3.84.